The second-order valence-corrected chi connectivity index (χ2v) is 12.8. The van der Waals surface area contributed by atoms with E-state index in [2.05, 4.69) is 0 Å². The van der Waals surface area contributed by atoms with E-state index in [1.54, 1.807) is 37.4 Å². The van der Waals surface area contributed by atoms with E-state index in [-0.39, 0.29) is 30.4 Å². The number of amides is 1. The highest BCUT2D eigenvalue weighted by atomic mass is 19.4. The Kier molecular flexibility index (Phi) is 6.99. The molecule has 0 heterocycles. The van der Waals surface area contributed by atoms with Gasteiger partial charge in [-0.25, -0.2) is 0 Å². The number of aliphatic hydroxyl groups is 1. The van der Waals surface area contributed by atoms with Crippen LogP contribution in [0.3, 0.4) is 0 Å². The van der Waals surface area contributed by atoms with Gasteiger partial charge in [-0.15, -0.1) is 0 Å². The molecule has 43 heavy (non-hydrogen) atoms. The maximum atomic E-state index is 15.2. The molecular weight excluding hydrogens is 565 g/mol. The summed E-state index contributed by atoms with van der Waals surface area (Å²) in [7, 11) is 1.66. The van der Waals surface area contributed by atoms with E-state index in [4.69, 9.17) is 0 Å². The lowest BCUT2D eigenvalue weighted by Crippen LogP contribution is -2.65. The average molecular weight is 600 g/mol. The highest BCUT2D eigenvalue weighted by molar-refractivity contribution is 6.05. The zero-order chi connectivity index (χ0) is 30.9. The van der Waals surface area contributed by atoms with Crippen molar-refractivity contribution in [3.05, 3.63) is 88.5 Å². The minimum absolute atomic E-state index is 0.0282. The van der Waals surface area contributed by atoms with Crippen molar-refractivity contribution in [3.63, 3.8) is 0 Å². The third kappa shape index (κ3) is 4.40. The van der Waals surface area contributed by atoms with E-state index in [1.807, 2.05) is 30.3 Å². The Morgan fingerprint density at radius 2 is 1.63 bits per heavy atom. The van der Waals surface area contributed by atoms with Crippen molar-refractivity contribution in [3.8, 4) is 0 Å². The Balaban J connectivity index is 1.43. The monoisotopic (exact) mass is 599 g/mol. The number of alkyl halides is 5. The maximum absolute atomic E-state index is 15.2. The van der Waals surface area contributed by atoms with Crippen molar-refractivity contribution in [1.82, 2.24) is 0 Å². The van der Waals surface area contributed by atoms with E-state index in [1.165, 1.54) is 11.8 Å². The van der Waals surface area contributed by atoms with Crippen LogP contribution >= 0.6 is 0 Å². The summed E-state index contributed by atoms with van der Waals surface area (Å²) in [5.41, 5.74) is -0.272. The number of halogens is 5. The first kappa shape index (κ1) is 29.7. The Morgan fingerprint density at radius 1 is 0.953 bits per heavy atom. The number of hydrogen-bond donors (Lipinski definition) is 1. The number of anilines is 1. The van der Waals surface area contributed by atoms with Crippen LogP contribution < -0.4 is 4.90 Å². The summed E-state index contributed by atoms with van der Waals surface area (Å²) in [5.74, 6) is -6.93. The van der Waals surface area contributed by atoms with Gasteiger partial charge in [-0.2, -0.15) is 22.0 Å². The third-order valence-corrected chi connectivity index (χ3v) is 10.8. The molecule has 2 fully saturated rings. The van der Waals surface area contributed by atoms with E-state index in [9.17, 15) is 27.9 Å². The van der Waals surface area contributed by atoms with Crippen LogP contribution in [0.2, 0.25) is 0 Å². The van der Waals surface area contributed by atoms with Gasteiger partial charge >= 0.3 is 12.1 Å². The maximum Gasteiger partial charge on any atom is 0.456 e. The van der Waals surface area contributed by atoms with Crippen LogP contribution in [-0.4, -0.2) is 41.5 Å². The smallest absolute Gasteiger partial charge is 0.383 e. The first-order valence-corrected chi connectivity index (χ1v) is 14.8. The summed E-state index contributed by atoms with van der Waals surface area (Å²) >= 11 is 0. The first-order valence-electron chi connectivity index (χ1n) is 14.8. The van der Waals surface area contributed by atoms with Crippen molar-refractivity contribution in [2.75, 3.05) is 11.9 Å². The van der Waals surface area contributed by atoms with E-state index in [0.717, 1.165) is 16.7 Å². The van der Waals surface area contributed by atoms with Crippen molar-refractivity contribution < 1.29 is 36.6 Å². The molecule has 228 valence electrons. The molecule has 0 radical (unpaired) electrons. The van der Waals surface area contributed by atoms with Crippen molar-refractivity contribution >= 4 is 17.4 Å². The second kappa shape index (κ2) is 10.1. The van der Waals surface area contributed by atoms with E-state index >= 15 is 8.78 Å². The second-order valence-electron chi connectivity index (χ2n) is 12.8. The van der Waals surface area contributed by atoms with Gasteiger partial charge in [0.2, 0.25) is 0 Å². The topological polar surface area (TPSA) is 57.6 Å². The molecule has 4 aliphatic carbocycles. The van der Waals surface area contributed by atoms with Crippen LogP contribution in [0.4, 0.5) is 27.6 Å². The molecule has 9 heteroatoms. The van der Waals surface area contributed by atoms with E-state index in [0.29, 0.717) is 42.5 Å². The molecule has 0 spiro atoms. The van der Waals surface area contributed by atoms with Crippen LogP contribution in [0, 0.1) is 17.3 Å². The van der Waals surface area contributed by atoms with Crippen LogP contribution in [-0.2, 0) is 4.79 Å². The fourth-order valence-electron chi connectivity index (χ4n) is 8.53. The SMILES string of the molecule is CN(C(=O)c1ccc([C@H]2C[C@@]3(C)[C@@H](CC[C@@]3(O)C(F)(F)C(F)(F)F)[C@@H]3CCC4=CC(=O)CCC4=C32)cc1)c1ccccc1. The molecule has 0 saturated heterocycles. The molecule has 1 amide bonds. The van der Waals surface area contributed by atoms with Gasteiger partial charge in [0, 0.05) is 36.1 Å². The van der Waals surface area contributed by atoms with Gasteiger partial charge in [0.1, 0.15) is 5.60 Å². The number of ketones is 1. The average Bonchev–Trinajstić information content (AvgIpc) is 3.27. The van der Waals surface area contributed by atoms with Gasteiger partial charge in [-0.1, -0.05) is 42.8 Å². The highest BCUT2D eigenvalue weighted by Gasteiger charge is 2.79. The molecule has 2 saturated carbocycles. The molecule has 0 aromatic heterocycles. The summed E-state index contributed by atoms with van der Waals surface area (Å²) in [4.78, 5) is 27.0. The Labute approximate surface area is 247 Å². The number of carbonyl (C=O) groups excluding carboxylic acids is 2. The summed E-state index contributed by atoms with van der Waals surface area (Å²) in [6.45, 7) is 1.40. The minimum Gasteiger partial charge on any atom is -0.383 e. The largest absolute Gasteiger partial charge is 0.456 e. The lowest BCUT2D eigenvalue weighted by Gasteiger charge is -2.56. The fourth-order valence-corrected chi connectivity index (χ4v) is 8.53. The fraction of sp³-hybridized carbons (Fsp3) is 0.471. The predicted molar refractivity (Wildman–Crippen MR) is 152 cm³/mol. The molecule has 1 N–H and O–H groups in total. The lowest BCUT2D eigenvalue weighted by molar-refractivity contribution is -0.362. The zero-order valence-corrected chi connectivity index (χ0v) is 24.1. The molecule has 0 unspecified atom stereocenters. The van der Waals surface area contributed by atoms with Gasteiger partial charge in [0.15, 0.2) is 5.78 Å². The molecule has 4 aliphatic rings. The number of para-hydroxylation sites is 1. The molecule has 0 aliphatic heterocycles. The minimum atomic E-state index is -5.90. The van der Waals surface area contributed by atoms with Gasteiger partial charge in [-0.05, 0) is 97.4 Å². The first-order chi connectivity index (χ1) is 20.2. The third-order valence-electron chi connectivity index (χ3n) is 10.8. The van der Waals surface area contributed by atoms with Gasteiger partial charge < -0.3 is 10.0 Å². The number of rotatable bonds is 4. The van der Waals surface area contributed by atoms with Crippen LogP contribution in [0.5, 0.6) is 0 Å². The van der Waals surface area contributed by atoms with Crippen molar-refractivity contribution in [2.45, 2.75) is 75.5 Å². The van der Waals surface area contributed by atoms with Crippen LogP contribution in [0.1, 0.15) is 73.7 Å². The Morgan fingerprint density at radius 3 is 2.28 bits per heavy atom. The number of hydrogen-bond acceptors (Lipinski definition) is 3. The van der Waals surface area contributed by atoms with Gasteiger partial charge in [0.25, 0.3) is 5.91 Å². The number of fused-ring (bicyclic) bond motifs is 4. The summed E-state index contributed by atoms with van der Waals surface area (Å²) < 4.78 is 71.7. The molecule has 5 atom stereocenters. The molecule has 6 rings (SSSR count). The van der Waals surface area contributed by atoms with Gasteiger partial charge in [-0.3, -0.25) is 9.59 Å². The van der Waals surface area contributed by atoms with Gasteiger partial charge in [0.05, 0.1) is 0 Å². The normalized spacial score (nSPS) is 30.7. The molecule has 2 aromatic carbocycles. The quantitative estimate of drug-likeness (QED) is 0.365. The van der Waals surface area contributed by atoms with E-state index < -0.39 is 41.4 Å². The Hall–Kier alpha value is -3.33. The standard InChI is InChI=1S/C34H34F5NO3/c1-31-19-27(20-8-10-21(11-9-20)30(42)40(2)23-6-4-3-5-7-23)29-25-15-13-24(41)18-22(25)12-14-26(29)28(31)16-17-32(31,43)33(35,36)34(37,38)39/h3-11,18,26-28,43H,12-17,19H2,1-2H3/t26-,27+,28-,31-,32-/m0/s1. The predicted octanol–water partition coefficient (Wildman–Crippen LogP) is 7.79. The number of allylic oxidation sites excluding steroid dienone is 4. The summed E-state index contributed by atoms with van der Waals surface area (Å²) in [5, 5.41) is 11.4. The van der Waals surface area contributed by atoms with Crippen molar-refractivity contribution in [2.24, 2.45) is 17.3 Å². The van der Waals surface area contributed by atoms with Crippen molar-refractivity contribution in [1.29, 1.82) is 0 Å². The highest BCUT2D eigenvalue weighted by Crippen LogP contribution is 2.70. The lowest BCUT2D eigenvalue weighted by atomic mass is 9.50. The summed E-state index contributed by atoms with van der Waals surface area (Å²) in [6.07, 6.45) is -3.06. The summed E-state index contributed by atoms with van der Waals surface area (Å²) in [6, 6.07) is 15.9. The zero-order valence-electron chi connectivity index (χ0n) is 24.1. The molecule has 4 nitrogen and oxygen atoms in total. The molecular formula is C34H34F5NO3. The number of carbonyl (C=O) groups is 2. The number of nitrogens with zero attached hydrogens (tertiary/aromatic N) is 1. The molecule has 0 bridgehead atoms. The van der Waals surface area contributed by atoms with Crippen LogP contribution in [0.25, 0.3) is 0 Å². The Bertz CT molecular complexity index is 1510. The molecule has 2 aromatic rings. The number of benzene rings is 2. The van der Waals surface area contributed by atoms with Crippen LogP contribution in [0.15, 0.2) is 77.4 Å².